The normalized spacial score (nSPS) is 10.3. The summed E-state index contributed by atoms with van der Waals surface area (Å²) in [5.74, 6) is -0.761. The molecular formula is C23H21NO4. The number of benzene rings is 3. The summed E-state index contributed by atoms with van der Waals surface area (Å²) in [5, 5.41) is 12.1. The van der Waals surface area contributed by atoms with Crippen molar-refractivity contribution < 1.29 is 19.4 Å². The molecule has 0 aromatic heterocycles. The summed E-state index contributed by atoms with van der Waals surface area (Å²) in [5.41, 5.74) is 3.53. The maximum absolute atomic E-state index is 12.2. The van der Waals surface area contributed by atoms with Crippen molar-refractivity contribution in [2.75, 3.05) is 11.9 Å². The number of hydrogen-bond donors (Lipinski definition) is 2. The van der Waals surface area contributed by atoms with Crippen molar-refractivity contribution in [1.29, 1.82) is 0 Å². The number of carbonyl (C=O) groups excluding carboxylic acids is 2. The number of esters is 1. The Morgan fingerprint density at radius 3 is 2.25 bits per heavy atom. The Morgan fingerprint density at radius 2 is 1.50 bits per heavy atom. The average molecular weight is 375 g/mol. The Bertz CT molecular complexity index is 936. The second-order valence-electron chi connectivity index (χ2n) is 6.37. The number of aromatic hydroxyl groups is 1. The minimum Gasteiger partial charge on any atom is -0.508 e. The van der Waals surface area contributed by atoms with Gasteiger partial charge in [-0.2, -0.15) is 0 Å². The summed E-state index contributed by atoms with van der Waals surface area (Å²) in [4.78, 5) is 24.1. The van der Waals surface area contributed by atoms with Gasteiger partial charge in [-0.3, -0.25) is 9.59 Å². The summed E-state index contributed by atoms with van der Waals surface area (Å²) in [6, 6.07) is 23.8. The third-order valence-electron chi connectivity index (χ3n) is 4.18. The summed E-state index contributed by atoms with van der Waals surface area (Å²) in [6.45, 7) is -0.351. The Hall–Kier alpha value is -3.60. The summed E-state index contributed by atoms with van der Waals surface area (Å²) < 4.78 is 5.05. The molecule has 0 bridgehead atoms. The lowest BCUT2D eigenvalue weighted by atomic mass is 10.0. The van der Waals surface area contributed by atoms with Crippen LogP contribution in [0.4, 0.5) is 5.69 Å². The number of nitrogens with one attached hydrogen (secondary N) is 1. The summed E-state index contributed by atoms with van der Waals surface area (Å²) in [7, 11) is 0. The van der Waals surface area contributed by atoms with Crippen LogP contribution in [0.3, 0.4) is 0 Å². The van der Waals surface area contributed by atoms with E-state index in [0.717, 1.165) is 11.1 Å². The fraction of sp³-hybridized carbons (Fsp3) is 0.130. The van der Waals surface area contributed by atoms with Crippen molar-refractivity contribution in [3.05, 3.63) is 95.6 Å². The molecule has 3 aromatic carbocycles. The van der Waals surface area contributed by atoms with Crippen LogP contribution in [-0.2, 0) is 27.2 Å². The van der Waals surface area contributed by atoms with Gasteiger partial charge in [0.05, 0.1) is 6.42 Å². The maximum atomic E-state index is 12.2. The van der Waals surface area contributed by atoms with E-state index in [-0.39, 0.29) is 24.7 Å². The van der Waals surface area contributed by atoms with Gasteiger partial charge in [-0.1, -0.05) is 60.7 Å². The highest BCUT2D eigenvalue weighted by Crippen LogP contribution is 2.19. The van der Waals surface area contributed by atoms with Crippen LogP contribution in [0.2, 0.25) is 0 Å². The molecule has 0 saturated heterocycles. The first-order chi connectivity index (χ1) is 13.6. The smallest absolute Gasteiger partial charge is 0.310 e. The number of amides is 1. The third-order valence-corrected chi connectivity index (χ3v) is 4.18. The Morgan fingerprint density at radius 1 is 0.821 bits per heavy atom. The minimum absolute atomic E-state index is 0.0398. The molecule has 0 unspecified atom stereocenters. The zero-order valence-corrected chi connectivity index (χ0v) is 15.3. The quantitative estimate of drug-likeness (QED) is 0.618. The predicted molar refractivity (Wildman–Crippen MR) is 107 cm³/mol. The van der Waals surface area contributed by atoms with Crippen molar-refractivity contribution in [3.63, 3.8) is 0 Å². The number of rotatable bonds is 7. The number of carbonyl (C=O) groups is 2. The molecule has 142 valence electrons. The number of hydrogen-bond acceptors (Lipinski definition) is 4. The Kier molecular flexibility index (Phi) is 6.41. The van der Waals surface area contributed by atoms with E-state index in [1.807, 2.05) is 54.6 Å². The van der Waals surface area contributed by atoms with Gasteiger partial charge in [-0.15, -0.1) is 0 Å². The molecule has 3 aromatic rings. The molecule has 0 aliphatic rings. The zero-order valence-electron chi connectivity index (χ0n) is 15.3. The lowest BCUT2D eigenvalue weighted by Crippen LogP contribution is -2.22. The summed E-state index contributed by atoms with van der Waals surface area (Å²) >= 11 is 0. The van der Waals surface area contributed by atoms with Gasteiger partial charge in [-0.05, 0) is 41.3 Å². The maximum Gasteiger partial charge on any atom is 0.310 e. The largest absolute Gasteiger partial charge is 0.508 e. The van der Waals surface area contributed by atoms with Gasteiger partial charge < -0.3 is 15.2 Å². The molecule has 0 fully saturated rings. The van der Waals surface area contributed by atoms with E-state index in [1.54, 1.807) is 12.1 Å². The fourth-order valence-electron chi connectivity index (χ4n) is 2.78. The predicted octanol–water partition coefficient (Wildman–Crippen LogP) is 3.71. The van der Waals surface area contributed by atoms with Crippen LogP contribution in [0.15, 0.2) is 78.9 Å². The van der Waals surface area contributed by atoms with Crippen molar-refractivity contribution >= 4 is 17.6 Å². The van der Waals surface area contributed by atoms with Crippen molar-refractivity contribution in [2.24, 2.45) is 0 Å². The number of phenols is 1. The van der Waals surface area contributed by atoms with Crippen molar-refractivity contribution in [3.8, 4) is 5.75 Å². The van der Waals surface area contributed by atoms with Crippen LogP contribution in [0.25, 0.3) is 0 Å². The second kappa shape index (κ2) is 9.37. The highest BCUT2D eigenvalue weighted by Gasteiger charge is 2.11. The highest BCUT2D eigenvalue weighted by molar-refractivity contribution is 5.93. The molecule has 0 saturated carbocycles. The van der Waals surface area contributed by atoms with Crippen LogP contribution in [0.1, 0.15) is 16.7 Å². The standard InChI is InChI=1S/C23H21NO4/c25-20-12-10-18(11-13-20)15-23(27)28-16-22(26)24-21-9-5-4-8-19(21)14-17-6-2-1-3-7-17/h1-13,25H,14-16H2,(H,24,26). The third kappa shape index (κ3) is 5.71. The van der Waals surface area contributed by atoms with Gasteiger partial charge >= 0.3 is 5.97 Å². The van der Waals surface area contributed by atoms with E-state index in [1.165, 1.54) is 12.1 Å². The van der Waals surface area contributed by atoms with E-state index in [2.05, 4.69) is 5.32 Å². The summed E-state index contributed by atoms with van der Waals surface area (Å²) in [6.07, 6.45) is 0.732. The van der Waals surface area contributed by atoms with Gasteiger partial charge in [0.1, 0.15) is 5.75 Å². The van der Waals surface area contributed by atoms with Gasteiger partial charge in [0.25, 0.3) is 5.91 Å². The van der Waals surface area contributed by atoms with E-state index in [0.29, 0.717) is 17.7 Å². The van der Waals surface area contributed by atoms with Gasteiger partial charge in [0.15, 0.2) is 6.61 Å². The van der Waals surface area contributed by atoms with Crippen molar-refractivity contribution in [1.82, 2.24) is 0 Å². The van der Waals surface area contributed by atoms with Crippen LogP contribution in [-0.4, -0.2) is 23.6 Å². The molecule has 0 atom stereocenters. The van der Waals surface area contributed by atoms with Crippen molar-refractivity contribution in [2.45, 2.75) is 12.8 Å². The van der Waals surface area contributed by atoms with Gasteiger partial charge in [-0.25, -0.2) is 0 Å². The molecule has 1 amide bonds. The first-order valence-corrected chi connectivity index (χ1v) is 8.95. The molecule has 0 aliphatic heterocycles. The Balaban J connectivity index is 1.53. The molecule has 2 N–H and O–H groups in total. The highest BCUT2D eigenvalue weighted by atomic mass is 16.5. The number of ether oxygens (including phenoxy) is 1. The fourth-order valence-corrected chi connectivity index (χ4v) is 2.78. The molecule has 5 nitrogen and oxygen atoms in total. The Labute approximate surface area is 163 Å². The molecule has 5 heteroatoms. The lowest BCUT2D eigenvalue weighted by Gasteiger charge is -2.11. The second-order valence-corrected chi connectivity index (χ2v) is 6.37. The molecule has 28 heavy (non-hydrogen) atoms. The van der Waals surface area contributed by atoms with Crippen LogP contribution >= 0.6 is 0 Å². The van der Waals surface area contributed by atoms with Gasteiger partial charge in [0, 0.05) is 5.69 Å². The van der Waals surface area contributed by atoms with E-state index >= 15 is 0 Å². The number of phenolic OH excluding ortho intramolecular Hbond substituents is 1. The van der Waals surface area contributed by atoms with Crippen LogP contribution in [0, 0.1) is 0 Å². The molecule has 0 heterocycles. The van der Waals surface area contributed by atoms with Crippen LogP contribution < -0.4 is 5.32 Å². The van der Waals surface area contributed by atoms with E-state index in [4.69, 9.17) is 4.74 Å². The number of anilines is 1. The topological polar surface area (TPSA) is 75.6 Å². The molecular weight excluding hydrogens is 354 g/mol. The average Bonchev–Trinajstić information content (AvgIpc) is 2.70. The minimum atomic E-state index is -0.501. The van der Waals surface area contributed by atoms with Crippen LogP contribution in [0.5, 0.6) is 5.75 Å². The monoisotopic (exact) mass is 375 g/mol. The molecule has 0 spiro atoms. The SMILES string of the molecule is O=C(COC(=O)Cc1ccc(O)cc1)Nc1ccccc1Cc1ccccc1. The first-order valence-electron chi connectivity index (χ1n) is 8.95. The molecule has 0 radical (unpaired) electrons. The van der Waals surface area contributed by atoms with E-state index < -0.39 is 5.97 Å². The molecule has 0 aliphatic carbocycles. The zero-order chi connectivity index (χ0) is 19.8. The lowest BCUT2D eigenvalue weighted by molar-refractivity contribution is -0.146. The number of para-hydroxylation sites is 1. The first kappa shape index (κ1) is 19.2. The molecule has 3 rings (SSSR count). The van der Waals surface area contributed by atoms with E-state index in [9.17, 15) is 14.7 Å². The van der Waals surface area contributed by atoms with Gasteiger partial charge in [0.2, 0.25) is 0 Å².